The number of aromatic nitrogens is 3. The second-order valence-corrected chi connectivity index (χ2v) is 2.82. The van der Waals surface area contributed by atoms with Crippen LogP contribution in [0.2, 0.25) is 0 Å². The van der Waals surface area contributed by atoms with Crippen molar-refractivity contribution in [3.05, 3.63) is 24.1 Å². The smallest absolute Gasteiger partial charge is 0.193 e. The molecule has 2 aromatic rings. The normalized spacial score (nSPS) is 10.1. The Hall–Kier alpha value is -2.13. The molecule has 6 nitrogen and oxygen atoms in total. The van der Waals surface area contributed by atoms with Crippen molar-refractivity contribution in [2.75, 3.05) is 6.61 Å². The van der Waals surface area contributed by atoms with Crippen molar-refractivity contribution in [2.45, 2.75) is 6.54 Å². The van der Waals surface area contributed by atoms with Crippen LogP contribution < -0.4 is 0 Å². The summed E-state index contributed by atoms with van der Waals surface area (Å²) >= 11 is 0. The minimum Gasteiger partial charge on any atom is -0.463 e. The second-order valence-electron chi connectivity index (χ2n) is 2.82. The Bertz CT molecular complexity index is 481. The molecule has 15 heavy (non-hydrogen) atoms. The van der Waals surface area contributed by atoms with Gasteiger partial charge in [-0.05, 0) is 12.1 Å². The van der Waals surface area contributed by atoms with E-state index >= 15 is 0 Å². The zero-order chi connectivity index (χ0) is 10.7. The zero-order valence-electron chi connectivity index (χ0n) is 7.79. The molecule has 6 heteroatoms. The summed E-state index contributed by atoms with van der Waals surface area (Å²) in [6.07, 6.45) is 1.51. The number of furan rings is 1. The van der Waals surface area contributed by atoms with Crippen LogP contribution in [0.4, 0.5) is 0 Å². The molecule has 2 rings (SSSR count). The number of hydrogen-bond donors (Lipinski definition) is 1. The van der Waals surface area contributed by atoms with Gasteiger partial charge < -0.3 is 9.52 Å². The summed E-state index contributed by atoms with van der Waals surface area (Å²) in [6, 6.07) is 5.36. The van der Waals surface area contributed by atoms with Crippen LogP contribution in [-0.4, -0.2) is 26.7 Å². The third kappa shape index (κ3) is 1.60. The number of rotatable bonds is 3. The van der Waals surface area contributed by atoms with Crippen LogP contribution in [0, 0.1) is 11.3 Å². The van der Waals surface area contributed by atoms with E-state index in [1.807, 2.05) is 6.07 Å². The Morgan fingerprint density at radius 1 is 1.60 bits per heavy atom. The Morgan fingerprint density at radius 2 is 2.47 bits per heavy atom. The molecule has 2 heterocycles. The molecule has 0 unspecified atom stereocenters. The SMILES string of the molecule is N#Cc1nnn(CCO)c1-c1ccco1. The lowest BCUT2D eigenvalue weighted by Gasteiger charge is -2.00. The molecule has 0 radical (unpaired) electrons. The largest absolute Gasteiger partial charge is 0.463 e. The minimum absolute atomic E-state index is 0.0675. The maximum atomic E-state index is 8.83. The van der Waals surface area contributed by atoms with Gasteiger partial charge in [0.15, 0.2) is 11.5 Å². The van der Waals surface area contributed by atoms with E-state index in [1.165, 1.54) is 10.9 Å². The first kappa shape index (κ1) is 9.43. The van der Waals surface area contributed by atoms with E-state index < -0.39 is 0 Å². The Balaban J connectivity index is 2.52. The predicted molar refractivity (Wildman–Crippen MR) is 49.5 cm³/mol. The lowest BCUT2D eigenvalue weighted by molar-refractivity contribution is 0.268. The van der Waals surface area contributed by atoms with Gasteiger partial charge in [-0.3, -0.25) is 0 Å². The van der Waals surface area contributed by atoms with Crippen LogP contribution in [0.5, 0.6) is 0 Å². The highest BCUT2D eigenvalue weighted by atomic mass is 16.3. The molecule has 0 aliphatic carbocycles. The maximum Gasteiger partial charge on any atom is 0.193 e. The van der Waals surface area contributed by atoms with Gasteiger partial charge in [0.1, 0.15) is 11.8 Å². The number of nitriles is 1. The molecule has 0 aliphatic rings. The average molecular weight is 204 g/mol. The fraction of sp³-hybridized carbons (Fsp3) is 0.222. The minimum atomic E-state index is -0.0675. The first-order chi connectivity index (χ1) is 7.36. The van der Waals surface area contributed by atoms with E-state index in [0.29, 0.717) is 11.5 Å². The third-order valence-electron chi connectivity index (χ3n) is 1.91. The number of aliphatic hydroxyl groups excluding tert-OH is 1. The van der Waals surface area contributed by atoms with E-state index in [1.54, 1.807) is 12.1 Å². The van der Waals surface area contributed by atoms with Gasteiger partial charge in [-0.1, -0.05) is 5.21 Å². The Labute approximate surface area is 85.4 Å². The van der Waals surface area contributed by atoms with Crippen molar-refractivity contribution in [3.63, 3.8) is 0 Å². The number of aliphatic hydroxyl groups is 1. The third-order valence-corrected chi connectivity index (χ3v) is 1.91. The monoisotopic (exact) mass is 204 g/mol. The van der Waals surface area contributed by atoms with Crippen molar-refractivity contribution in [3.8, 4) is 17.5 Å². The predicted octanol–water partition coefficient (Wildman–Crippen LogP) is 0.402. The van der Waals surface area contributed by atoms with Gasteiger partial charge in [0.05, 0.1) is 19.4 Å². The first-order valence-electron chi connectivity index (χ1n) is 4.35. The van der Waals surface area contributed by atoms with Gasteiger partial charge in [-0.15, -0.1) is 5.10 Å². The standard InChI is InChI=1S/C9H8N4O2/c10-6-7-9(8-2-1-5-15-8)13(3-4-14)12-11-7/h1-2,5,14H,3-4H2. The fourth-order valence-corrected chi connectivity index (χ4v) is 1.30. The van der Waals surface area contributed by atoms with Gasteiger partial charge in [0.2, 0.25) is 0 Å². The van der Waals surface area contributed by atoms with E-state index in [0.717, 1.165) is 0 Å². The first-order valence-corrected chi connectivity index (χ1v) is 4.35. The van der Waals surface area contributed by atoms with Crippen molar-refractivity contribution >= 4 is 0 Å². The molecule has 0 saturated heterocycles. The highest BCUT2D eigenvalue weighted by Crippen LogP contribution is 2.21. The summed E-state index contributed by atoms with van der Waals surface area (Å²) in [7, 11) is 0. The van der Waals surface area contributed by atoms with Crippen LogP contribution in [-0.2, 0) is 6.54 Å². The molecule has 0 amide bonds. The van der Waals surface area contributed by atoms with E-state index in [2.05, 4.69) is 10.3 Å². The summed E-state index contributed by atoms with van der Waals surface area (Å²) in [5.74, 6) is 0.519. The van der Waals surface area contributed by atoms with Gasteiger partial charge in [0.25, 0.3) is 0 Å². The molecule has 1 N–H and O–H groups in total. The van der Waals surface area contributed by atoms with Crippen molar-refractivity contribution in [1.29, 1.82) is 5.26 Å². The molecule has 0 fully saturated rings. The average Bonchev–Trinajstić information content (AvgIpc) is 2.85. The van der Waals surface area contributed by atoms with Crippen LogP contribution in [0.1, 0.15) is 5.69 Å². The molecule has 0 aromatic carbocycles. The lowest BCUT2D eigenvalue weighted by Crippen LogP contribution is -2.05. The molecule has 0 aliphatic heterocycles. The topological polar surface area (TPSA) is 87.9 Å². The Kier molecular flexibility index (Phi) is 2.48. The van der Waals surface area contributed by atoms with Crippen molar-refractivity contribution in [1.82, 2.24) is 15.0 Å². The molecule has 2 aromatic heterocycles. The van der Waals surface area contributed by atoms with Gasteiger partial charge in [-0.25, -0.2) is 4.68 Å². The highest BCUT2D eigenvalue weighted by molar-refractivity contribution is 5.58. The van der Waals surface area contributed by atoms with Gasteiger partial charge >= 0.3 is 0 Å². The van der Waals surface area contributed by atoms with Gasteiger partial charge in [-0.2, -0.15) is 5.26 Å². The zero-order valence-corrected chi connectivity index (χ0v) is 7.79. The highest BCUT2D eigenvalue weighted by Gasteiger charge is 2.16. The number of nitrogens with zero attached hydrogens (tertiary/aromatic N) is 4. The molecular weight excluding hydrogens is 196 g/mol. The summed E-state index contributed by atoms with van der Waals surface area (Å²) in [5.41, 5.74) is 0.690. The van der Waals surface area contributed by atoms with E-state index in [4.69, 9.17) is 14.8 Å². The summed E-state index contributed by atoms with van der Waals surface area (Å²) in [4.78, 5) is 0. The quantitative estimate of drug-likeness (QED) is 0.781. The van der Waals surface area contributed by atoms with E-state index in [-0.39, 0.29) is 18.8 Å². The van der Waals surface area contributed by atoms with Crippen LogP contribution in [0.15, 0.2) is 22.8 Å². The molecular formula is C9H8N4O2. The van der Waals surface area contributed by atoms with Crippen LogP contribution in [0.25, 0.3) is 11.5 Å². The maximum absolute atomic E-state index is 8.83. The summed E-state index contributed by atoms with van der Waals surface area (Å²) in [6.45, 7) is 0.215. The Morgan fingerprint density at radius 3 is 3.07 bits per heavy atom. The molecule has 0 saturated carbocycles. The number of hydrogen-bond acceptors (Lipinski definition) is 5. The lowest BCUT2D eigenvalue weighted by atomic mass is 10.2. The molecule has 76 valence electrons. The van der Waals surface area contributed by atoms with E-state index in [9.17, 15) is 0 Å². The molecule has 0 spiro atoms. The van der Waals surface area contributed by atoms with Crippen LogP contribution >= 0.6 is 0 Å². The molecule has 0 atom stereocenters. The fourth-order valence-electron chi connectivity index (χ4n) is 1.30. The van der Waals surface area contributed by atoms with Gasteiger partial charge in [0, 0.05) is 0 Å². The second kappa shape index (κ2) is 3.94. The summed E-state index contributed by atoms with van der Waals surface area (Å²) in [5, 5.41) is 25.1. The van der Waals surface area contributed by atoms with Crippen LogP contribution in [0.3, 0.4) is 0 Å². The molecule has 0 bridgehead atoms. The van der Waals surface area contributed by atoms with Crippen molar-refractivity contribution < 1.29 is 9.52 Å². The van der Waals surface area contributed by atoms with Crippen molar-refractivity contribution in [2.24, 2.45) is 0 Å². The summed E-state index contributed by atoms with van der Waals surface area (Å²) < 4.78 is 6.62.